The first-order valence-electron chi connectivity index (χ1n) is 17.7. The lowest BCUT2D eigenvalue weighted by atomic mass is 10.0. The van der Waals surface area contributed by atoms with Crippen LogP contribution in [-0.4, -0.2) is 51.8 Å². The molecule has 0 unspecified atom stereocenters. The second-order valence-electron chi connectivity index (χ2n) is 14.1. The van der Waals surface area contributed by atoms with Crippen LogP contribution in [0, 0.1) is 0 Å². The second kappa shape index (κ2) is 15.4. The van der Waals surface area contributed by atoms with Crippen LogP contribution in [0.25, 0.3) is 0 Å². The van der Waals surface area contributed by atoms with Crippen LogP contribution in [0.4, 0.5) is 4.79 Å². The molecule has 0 bridgehead atoms. The molecule has 268 valence electrons. The average Bonchev–Trinajstić information content (AvgIpc) is 3.18. The number of nitrogens with one attached hydrogen (secondary N) is 1. The fourth-order valence-corrected chi connectivity index (χ4v) is 12.8. The van der Waals surface area contributed by atoms with E-state index in [1.807, 2.05) is 78.9 Å². The number of hydrogen-bond acceptors (Lipinski definition) is 6. The molecule has 1 fully saturated rings. The smallest absolute Gasteiger partial charge is 0.408 e. The lowest BCUT2D eigenvalue weighted by molar-refractivity contribution is -0.153. The van der Waals surface area contributed by atoms with Gasteiger partial charge in [-0.2, -0.15) is 0 Å². The van der Waals surface area contributed by atoms with Crippen LogP contribution in [-0.2, 0) is 19.1 Å². The van der Waals surface area contributed by atoms with Crippen LogP contribution >= 0.6 is 19.0 Å². The quantitative estimate of drug-likeness (QED) is 0.0915. The van der Waals surface area contributed by atoms with E-state index >= 15 is 0 Å². The highest BCUT2D eigenvalue weighted by molar-refractivity contribution is 8.00. The molecule has 7 nitrogen and oxygen atoms in total. The van der Waals surface area contributed by atoms with Crippen molar-refractivity contribution >= 4 is 52.9 Å². The van der Waals surface area contributed by atoms with Gasteiger partial charge in [-0.3, -0.25) is 9.69 Å². The lowest BCUT2D eigenvalue weighted by Gasteiger charge is -2.50. The van der Waals surface area contributed by atoms with Crippen molar-refractivity contribution in [2.24, 2.45) is 0 Å². The number of thioether (sulfide) groups is 1. The Hall–Kier alpha value is -5.17. The van der Waals surface area contributed by atoms with Crippen molar-refractivity contribution in [3.8, 4) is 0 Å². The SMILES string of the molecule is CC(C)(C)OC(=O)N[C@@H]1C(=O)N2C(C(=O)OC(c3ccccc3)c3ccccc3)=C(C[P+](c3ccccc3)(c3ccccc3)c3ccccc3)CS[C@@H]12. The second-order valence-corrected chi connectivity index (χ2v) is 18.7. The summed E-state index contributed by atoms with van der Waals surface area (Å²) in [7, 11) is -2.46. The summed E-state index contributed by atoms with van der Waals surface area (Å²) in [6.07, 6.45) is -0.883. The third-order valence-electron chi connectivity index (χ3n) is 9.36. The Morgan fingerprint density at radius 3 is 1.60 bits per heavy atom. The van der Waals surface area contributed by atoms with Gasteiger partial charge in [-0.25, -0.2) is 9.59 Å². The number of alkyl carbamates (subject to hydrolysis) is 1. The van der Waals surface area contributed by atoms with Gasteiger partial charge in [0.05, 0.1) is 6.16 Å². The molecule has 2 aliphatic heterocycles. The molecular formula is C44H42N2O5PS+. The van der Waals surface area contributed by atoms with E-state index in [1.54, 1.807) is 20.8 Å². The van der Waals surface area contributed by atoms with Gasteiger partial charge in [-0.15, -0.1) is 11.8 Å². The van der Waals surface area contributed by atoms with Crippen molar-refractivity contribution in [2.45, 2.75) is 43.9 Å². The highest BCUT2D eigenvalue weighted by atomic mass is 32.2. The van der Waals surface area contributed by atoms with Gasteiger partial charge < -0.3 is 14.8 Å². The van der Waals surface area contributed by atoms with Crippen molar-refractivity contribution in [1.82, 2.24) is 10.2 Å². The topological polar surface area (TPSA) is 84.9 Å². The van der Waals surface area contributed by atoms with Gasteiger partial charge in [0.25, 0.3) is 5.91 Å². The van der Waals surface area contributed by atoms with Crippen molar-refractivity contribution in [2.75, 3.05) is 11.9 Å². The monoisotopic (exact) mass is 741 g/mol. The van der Waals surface area contributed by atoms with Crippen molar-refractivity contribution in [1.29, 1.82) is 0 Å². The Labute approximate surface area is 315 Å². The van der Waals surface area contributed by atoms with E-state index < -0.39 is 42.4 Å². The third kappa shape index (κ3) is 7.53. The van der Waals surface area contributed by atoms with Gasteiger partial charge in [0.2, 0.25) is 0 Å². The predicted octanol–water partition coefficient (Wildman–Crippen LogP) is 7.38. The normalized spacial score (nSPS) is 17.1. The van der Waals surface area contributed by atoms with Gasteiger partial charge in [0, 0.05) is 11.3 Å². The molecule has 0 aliphatic carbocycles. The Morgan fingerprint density at radius 2 is 1.17 bits per heavy atom. The van der Waals surface area contributed by atoms with Crippen LogP contribution < -0.4 is 21.2 Å². The lowest BCUT2D eigenvalue weighted by Crippen LogP contribution is -2.71. The molecule has 5 aromatic carbocycles. The number of nitrogens with zero attached hydrogens (tertiary/aromatic N) is 1. The number of carbonyl (C=O) groups excluding carboxylic acids is 3. The summed E-state index contributed by atoms with van der Waals surface area (Å²) in [5.41, 5.74) is 1.96. The molecule has 2 atom stereocenters. The molecule has 0 aromatic heterocycles. The molecule has 7 rings (SSSR count). The zero-order chi connectivity index (χ0) is 37.0. The highest BCUT2D eigenvalue weighted by Gasteiger charge is 2.57. The van der Waals surface area contributed by atoms with Gasteiger partial charge >= 0.3 is 12.1 Å². The molecule has 5 aromatic rings. The van der Waals surface area contributed by atoms with E-state index in [2.05, 4.69) is 78.1 Å². The third-order valence-corrected chi connectivity index (χ3v) is 15.1. The van der Waals surface area contributed by atoms with E-state index in [0.29, 0.717) is 11.9 Å². The zero-order valence-corrected chi connectivity index (χ0v) is 31.6. The number of hydrogen-bond donors (Lipinski definition) is 1. The Bertz CT molecular complexity index is 1960. The van der Waals surface area contributed by atoms with E-state index in [4.69, 9.17) is 9.47 Å². The van der Waals surface area contributed by atoms with Crippen LogP contribution in [0.2, 0.25) is 0 Å². The summed E-state index contributed by atoms with van der Waals surface area (Å²) >= 11 is 1.54. The summed E-state index contributed by atoms with van der Waals surface area (Å²) in [4.78, 5) is 43.5. The van der Waals surface area contributed by atoms with Crippen LogP contribution in [0.5, 0.6) is 0 Å². The van der Waals surface area contributed by atoms with Gasteiger partial charge in [-0.05, 0) is 68.3 Å². The number of ether oxygens (including phenoxy) is 2. The summed E-state index contributed by atoms with van der Waals surface area (Å²) in [6.45, 7) is 5.33. The van der Waals surface area contributed by atoms with Crippen molar-refractivity contribution in [3.05, 3.63) is 174 Å². The summed E-state index contributed by atoms with van der Waals surface area (Å²) in [5, 5.41) is 5.75. The van der Waals surface area contributed by atoms with Gasteiger partial charge in [0.15, 0.2) is 6.10 Å². The van der Waals surface area contributed by atoms with Crippen molar-refractivity contribution in [3.63, 3.8) is 0 Å². The summed E-state index contributed by atoms with van der Waals surface area (Å²) in [6, 6.07) is 49.8. The molecule has 0 saturated carbocycles. The largest absolute Gasteiger partial charge is 0.448 e. The molecule has 53 heavy (non-hydrogen) atoms. The fraction of sp³-hybridized carbons (Fsp3) is 0.205. The fourth-order valence-electron chi connectivity index (χ4n) is 7.03. The molecule has 1 N–H and O–H groups in total. The summed E-state index contributed by atoms with van der Waals surface area (Å²) < 4.78 is 12.0. The van der Waals surface area contributed by atoms with Crippen LogP contribution in [0.3, 0.4) is 0 Å². The van der Waals surface area contributed by atoms with Crippen LogP contribution in [0.15, 0.2) is 163 Å². The Balaban J connectivity index is 1.36. The first-order chi connectivity index (χ1) is 25.7. The Morgan fingerprint density at radius 1 is 0.736 bits per heavy atom. The zero-order valence-electron chi connectivity index (χ0n) is 29.9. The minimum Gasteiger partial charge on any atom is -0.448 e. The number of amides is 2. The maximum atomic E-state index is 14.9. The molecule has 0 radical (unpaired) electrons. The molecule has 9 heteroatoms. The number of β-lactam (4-membered cyclic amide) rings is 1. The van der Waals surface area contributed by atoms with Crippen molar-refractivity contribution < 1.29 is 23.9 Å². The molecule has 1 saturated heterocycles. The minimum atomic E-state index is -2.46. The summed E-state index contributed by atoms with van der Waals surface area (Å²) in [5.74, 6) is -0.503. The molecule has 2 heterocycles. The highest BCUT2D eigenvalue weighted by Crippen LogP contribution is 2.58. The van der Waals surface area contributed by atoms with Crippen LogP contribution in [0.1, 0.15) is 38.0 Å². The first kappa shape index (κ1) is 36.2. The molecule has 2 aliphatic rings. The van der Waals surface area contributed by atoms with E-state index in [1.165, 1.54) is 16.7 Å². The molecule has 0 spiro atoms. The standard InChI is InChI=1S/C44H41N2O5PS/c1-44(2,3)51-43(49)45-37-40(47)46-38(42(48)50-39(31-19-9-4-10-20-31)32-21-11-5-12-22-32)33(30-53-41(37)46)29-52(34-23-13-6-14-24-34,35-25-15-7-16-26-35)36-27-17-8-18-28-36/h4-28,37,39,41H,29-30H2,1-3H3/p+1/t37-,41+/m1/s1. The van der Waals surface area contributed by atoms with E-state index in [9.17, 15) is 14.4 Å². The van der Waals surface area contributed by atoms with E-state index in [-0.39, 0.29) is 11.6 Å². The predicted molar refractivity (Wildman–Crippen MR) is 214 cm³/mol. The number of carbonyl (C=O) groups is 3. The minimum absolute atomic E-state index is 0.241. The first-order valence-corrected chi connectivity index (χ1v) is 20.7. The maximum Gasteiger partial charge on any atom is 0.408 e. The van der Waals surface area contributed by atoms with E-state index in [0.717, 1.165) is 32.6 Å². The molecular weight excluding hydrogens is 700 g/mol. The average molecular weight is 742 g/mol. The maximum absolute atomic E-state index is 14.9. The molecule has 2 amide bonds. The number of fused-ring (bicyclic) bond motifs is 1. The number of esters is 1. The number of rotatable bonds is 10. The number of benzene rings is 5. The van der Waals surface area contributed by atoms with Gasteiger partial charge in [0.1, 0.15) is 45.9 Å². The van der Waals surface area contributed by atoms with Gasteiger partial charge in [-0.1, -0.05) is 115 Å². The Kier molecular flexibility index (Phi) is 10.5.